The molecule has 1 aromatic carbocycles. The van der Waals surface area contributed by atoms with E-state index in [9.17, 15) is 4.79 Å². The van der Waals surface area contributed by atoms with Crippen LogP contribution in [0.25, 0.3) is 0 Å². The lowest BCUT2D eigenvalue weighted by Gasteiger charge is -2.12. The second kappa shape index (κ2) is 2.99. The van der Waals surface area contributed by atoms with E-state index in [0.717, 1.165) is 6.42 Å². The number of Topliss-reactive ketones (excluding diaryl/α,β-unsaturated/α-hetero) is 1. The van der Waals surface area contributed by atoms with Crippen molar-refractivity contribution in [2.75, 3.05) is 0 Å². The molecule has 1 aromatic rings. The van der Waals surface area contributed by atoms with Gasteiger partial charge in [-0.15, -0.1) is 0 Å². The fourth-order valence-electron chi connectivity index (χ4n) is 1.99. The van der Waals surface area contributed by atoms with Crippen molar-refractivity contribution in [1.82, 2.24) is 0 Å². The summed E-state index contributed by atoms with van der Waals surface area (Å²) in [6.45, 7) is 1.68. The highest BCUT2D eigenvalue weighted by molar-refractivity contribution is 5.77. The smallest absolute Gasteiger partial charge is 0.130 e. The van der Waals surface area contributed by atoms with Gasteiger partial charge in [-0.3, -0.25) is 4.79 Å². The quantitative estimate of drug-likeness (QED) is 0.688. The summed E-state index contributed by atoms with van der Waals surface area (Å²) in [7, 11) is 0. The summed E-state index contributed by atoms with van der Waals surface area (Å²) in [5, 5.41) is 0. The molecule has 1 heteroatoms. The molecule has 2 rings (SSSR count). The molecule has 0 amide bonds. The van der Waals surface area contributed by atoms with E-state index < -0.39 is 0 Å². The number of hydrogen-bond acceptors (Lipinski definition) is 1. The average molecular weight is 174 g/mol. The molecule has 0 bridgehead atoms. The summed E-state index contributed by atoms with van der Waals surface area (Å²) in [6, 6.07) is 10.4. The first-order valence-corrected chi connectivity index (χ1v) is 4.78. The molecule has 0 atom stereocenters. The standard InChI is InChI=1S/C12H14O/c1-10(13)9-12(7-8-12)11-5-3-2-4-6-11/h2-6H,7-9H2,1H3. The van der Waals surface area contributed by atoms with Crippen LogP contribution in [-0.2, 0) is 10.2 Å². The zero-order valence-electron chi connectivity index (χ0n) is 7.92. The second-order valence-electron chi connectivity index (χ2n) is 4.03. The molecule has 0 heterocycles. The highest BCUT2D eigenvalue weighted by Crippen LogP contribution is 2.50. The fraction of sp³-hybridized carbons (Fsp3) is 0.417. The molecule has 13 heavy (non-hydrogen) atoms. The minimum absolute atomic E-state index is 0.215. The van der Waals surface area contributed by atoms with E-state index in [-0.39, 0.29) is 5.41 Å². The average Bonchev–Trinajstić information content (AvgIpc) is 2.86. The van der Waals surface area contributed by atoms with Crippen molar-refractivity contribution < 1.29 is 4.79 Å². The second-order valence-corrected chi connectivity index (χ2v) is 4.03. The molecule has 0 spiro atoms. The van der Waals surface area contributed by atoms with Gasteiger partial charge in [0, 0.05) is 11.8 Å². The number of benzene rings is 1. The number of carbonyl (C=O) groups excluding carboxylic acids is 1. The Morgan fingerprint density at radius 1 is 1.31 bits per heavy atom. The summed E-state index contributed by atoms with van der Waals surface area (Å²) in [4.78, 5) is 11.1. The van der Waals surface area contributed by atoms with Gasteiger partial charge < -0.3 is 0 Å². The van der Waals surface area contributed by atoms with E-state index in [2.05, 4.69) is 24.3 Å². The highest BCUT2D eigenvalue weighted by Gasteiger charge is 2.44. The van der Waals surface area contributed by atoms with Crippen molar-refractivity contribution in [3.63, 3.8) is 0 Å². The summed E-state index contributed by atoms with van der Waals surface area (Å²) < 4.78 is 0. The molecule has 0 aromatic heterocycles. The van der Waals surface area contributed by atoms with Gasteiger partial charge in [-0.25, -0.2) is 0 Å². The molecular weight excluding hydrogens is 160 g/mol. The van der Waals surface area contributed by atoms with Crippen LogP contribution in [0.15, 0.2) is 30.3 Å². The molecule has 1 aliphatic rings. The molecule has 0 N–H and O–H groups in total. The van der Waals surface area contributed by atoms with E-state index in [0.29, 0.717) is 5.78 Å². The molecule has 1 fully saturated rings. The van der Waals surface area contributed by atoms with Gasteiger partial charge in [-0.05, 0) is 25.3 Å². The van der Waals surface area contributed by atoms with Crippen LogP contribution in [0.2, 0.25) is 0 Å². The third-order valence-corrected chi connectivity index (χ3v) is 2.83. The van der Waals surface area contributed by atoms with Gasteiger partial charge in [0.05, 0.1) is 0 Å². The van der Waals surface area contributed by atoms with E-state index in [1.54, 1.807) is 6.92 Å². The zero-order valence-corrected chi connectivity index (χ0v) is 7.92. The molecule has 1 saturated carbocycles. The lowest BCUT2D eigenvalue weighted by molar-refractivity contribution is -0.117. The summed E-state index contributed by atoms with van der Waals surface area (Å²) in [5.41, 5.74) is 1.55. The molecule has 0 radical (unpaired) electrons. The van der Waals surface area contributed by atoms with Crippen molar-refractivity contribution in [2.45, 2.75) is 31.6 Å². The van der Waals surface area contributed by atoms with Crippen molar-refractivity contribution >= 4 is 5.78 Å². The third kappa shape index (κ3) is 1.64. The van der Waals surface area contributed by atoms with Crippen molar-refractivity contribution in [1.29, 1.82) is 0 Å². The normalized spacial score (nSPS) is 18.2. The number of carbonyl (C=O) groups is 1. The van der Waals surface area contributed by atoms with Crippen molar-refractivity contribution in [3.8, 4) is 0 Å². The first-order valence-electron chi connectivity index (χ1n) is 4.78. The van der Waals surface area contributed by atoms with Gasteiger partial charge in [0.2, 0.25) is 0 Å². The molecule has 0 unspecified atom stereocenters. The Bertz CT molecular complexity index is 309. The maximum atomic E-state index is 11.1. The van der Waals surface area contributed by atoms with Crippen LogP contribution in [0.4, 0.5) is 0 Å². The molecular formula is C12H14O. The topological polar surface area (TPSA) is 17.1 Å². The van der Waals surface area contributed by atoms with Crippen LogP contribution in [0.3, 0.4) is 0 Å². The van der Waals surface area contributed by atoms with Gasteiger partial charge in [-0.1, -0.05) is 30.3 Å². The third-order valence-electron chi connectivity index (χ3n) is 2.83. The Morgan fingerprint density at radius 3 is 2.38 bits per heavy atom. The van der Waals surface area contributed by atoms with Crippen LogP contribution < -0.4 is 0 Å². The summed E-state index contributed by atoms with van der Waals surface area (Å²) >= 11 is 0. The lowest BCUT2D eigenvalue weighted by atomic mass is 9.91. The number of hydrogen-bond donors (Lipinski definition) is 0. The summed E-state index contributed by atoms with van der Waals surface area (Å²) in [6.07, 6.45) is 3.07. The van der Waals surface area contributed by atoms with Gasteiger partial charge in [-0.2, -0.15) is 0 Å². The van der Waals surface area contributed by atoms with Crippen molar-refractivity contribution in [3.05, 3.63) is 35.9 Å². The molecule has 0 saturated heterocycles. The zero-order chi connectivity index (χ0) is 9.31. The predicted octanol–water partition coefficient (Wildman–Crippen LogP) is 2.70. The number of ketones is 1. The van der Waals surface area contributed by atoms with Crippen LogP contribution in [0, 0.1) is 0 Å². The molecule has 1 nitrogen and oxygen atoms in total. The Labute approximate surface area is 78.8 Å². The first-order chi connectivity index (χ1) is 6.23. The van der Waals surface area contributed by atoms with Crippen LogP contribution in [0.1, 0.15) is 31.7 Å². The van der Waals surface area contributed by atoms with Crippen LogP contribution in [-0.4, -0.2) is 5.78 Å². The predicted molar refractivity (Wildman–Crippen MR) is 52.7 cm³/mol. The Morgan fingerprint density at radius 2 is 1.92 bits per heavy atom. The van der Waals surface area contributed by atoms with Gasteiger partial charge >= 0.3 is 0 Å². The van der Waals surface area contributed by atoms with Crippen molar-refractivity contribution in [2.24, 2.45) is 0 Å². The van der Waals surface area contributed by atoms with E-state index in [1.807, 2.05) is 6.07 Å². The Hall–Kier alpha value is -1.11. The van der Waals surface area contributed by atoms with E-state index in [4.69, 9.17) is 0 Å². The molecule has 0 aliphatic heterocycles. The molecule has 1 aliphatic carbocycles. The lowest BCUT2D eigenvalue weighted by Crippen LogP contribution is -2.10. The van der Waals surface area contributed by atoms with Crippen LogP contribution in [0.5, 0.6) is 0 Å². The largest absolute Gasteiger partial charge is 0.300 e. The van der Waals surface area contributed by atoms with E-state index >= 15 is 0 Å². The number of rotatable bonds is 3. The molecule has 68 valence electrons. The summed E-state index contributed by atoms with van der Waals surface area (Å²) in [5.74, 6) is 0.307. The highest BCUT2D eigenvalue weighted by atomic mass is 16.1. The first kappa shape index (κ1) is 8.49. The Balaban J connectivity index is 2.21. The van der Waals surface area contributed by atoms with Gasteiger partial charge in [0.15, 0.2) is 0 Å². The van der Waals surface area contributed by atoms with Gasteiger partial charge in [0.1, 0.15) is 5.78 Å². The monoisotopic (exact) mass is 174 g/mol. The minimum atomic E-state index is 0.215. The van der Waals surface area contributed by atoms with Gasteiger partial charge in [0.25, 0.3) is 0 Å². The van der Waals surface area contributed by atoms with Crippen LogP contribution >= 0.6 is 0 Å². The van der Waals surface area contributed by atoms with E-state index in [1.165, 1.54) is 18.4 Å². The maximum absolute atomic E-state index is 11.1. The SMILES string of the molecule is CC(=O)CC1(c2ccccc2)CC1. The Kier molecular flexibility index (Phi) is 1.95. The fourth-order valence-corrected chi connectivity index (χ4v) is 1.99. The minimum Gasteiger partial charge on any atom is -0.300 e. The maximum Gasteiger partial charge on any atom is 0.130 e.